The van der Waals surface area contributed by atoms with Crippen LogP contribution in [0.2, 0.25) is 0 Å². The maximum Gasteiger partial charge on any atom is 0.119 e. The van der Waals surface area contributed by atoms with Crippen LogP contribution in [0.1, 0.15) is 37.3 Å². The number of aryl methyl sites for hydroxylation is 1. The summed E-state index contributed by atoms with van der Waals surface area (Å²) in [5, 5.41) is 3.51. The summed E-state index contributed by atoms with van der Waals surface area (Å²) in [6, 6.07) is 6.68. The van der Waals surface area contributed by atoms with Crippen LogP contribution in [0, 0.1) is 5.92 Å². The Morgan fingerprint density at radius 3 is 3.11 bits per heavy atom. The molecule has 18 heavy (non-hydrogen) atoms. The van der Waals surface area contributed by atoms with Crippen molar-refractivity contribution >= 4 is 0 Å². The van der Waals surface area contributed by atoms with E-state index >= 15 is 0 Å². The normalized spacial score (nSPS) is 29.1. The van der Waals surface area contributed by atoms with Crippen LogP contribution in [0.3, 0.4) is 0 Å². The first-order valence-electron chi connectivity index (χ1n) is 7.18. The molecule has 1 N–H and O–H groups in total. The number of nitrogens with one attached hydrogen (secondary N) is 1. The van der Waals surface area contributed by atoms with Gasteiger partial charge in [0.05, 0.1) is 7.11 Å². The third kappa shape index (κ3) is 1.83. The first-order chi connectivity index (χ1) is 8.80. The van der Waals surface area contributed by atoms with Gasteiger partial charge in [-0.3, -0.25) is 0 Å². The molecule has 0 radical (unpaired) electrons. The van der Waals surface area contributed by atoms with Crippen molar-refractivity contribution in [2.24, 2.45) is 5.92 Å². The molecule has 0 saturated heterocycles. The van der Waals surface area contributed by atoms with E-state index in [2.05, 4.69) is 30.4 Å². The maximum atomic E-state index is 5.40. The van der Waals surface area contributed by atoms with E-state index in [-0.39, 0.29) is 0 Å². The molecular weight excluding hydrogens is 222 g/mol. The van der Waals surface area contributed by atoms with Crippen LogP contribution in [0.15, 0.2) is 18.2 Å². The lowest BCUT2D eigenvalue weighted by Gasteiger charge is -2.27. The monoisotopic (exact) mass is 245 g/mol. The summed E-state index contributed by atoms with van der Waals surface area (Å²) in [6.07, 6.45) is 5.32. The molecule has 2 atom stereocenters. The predicted molar refractivity (Wildman–Crippen MR) is 74.3 cm³/mol. The third-order valence-electron chi connectivity index (χ3n) is 4.80. The summed E-state index contributed by atoms with van der Waals surface area (Å²) in [5.41, 5.74) is 3.61. The van der Waals surface area contributed by atoms with Gasteiger partial charge in [-0.05, 0) is 68.0 Å². The average Bonchev–Trinajstić information content (AvgIpc) is 3.10. The predicted octanol–water partition coefficient (Wildman–Crippen LogP) is 2.90. The lowest BCUT2D eigenvalue weighted by molar-refractivity contribution is 0.410. The van der Waals surface area contributed by atoms with E-state index in [1.54, 1.807) is 18.2 Å². The molecule has 0 amide bonds. The molecule has 1 saturated carbocycles. The second-order valence-corrected chi connectivity index (χ2v) is 5.74. The zero-order valence-corrected chi connectivity index (χ0v) is 11.5. The van der Waals surface area contributed by atoms with Crippen molar-refractivity contribution in [3.63, 3.8) is 0 Å². The molecule has 98 valence electrons. The molecule has 2 aliphatic carbocycles. The highest BCUT2D eigenvalue weighted by molar-refractivity contribution is 5.46. The Bertz CT molecular complexity index is 443. The molecule has 3 rings (SSSR count). The van der Waals surface area contributed by atoms with Gasteiger partial charge in [-0.1, -0.05) is 13.0 Å². The second kappa shape index (κ2) is 4.58. The first-order valence-corrected chi connectivity index (χ1v) is 7.18. The van der Waals surface area contributed by atoms with Gasteiger partial charge in [-0.2, -0.15) is 0 Å². The molecule has 0 bridgehead atoms. The molecular formula is C16H23NO. The zero-order valence-electron chi connectivity index (χ0n) is 11.5. The number of benzene rings is 1. The van der Waals surface area contributed by atoms with Crippen molar-refractivity contribution in [1.29, 1.82) is 0 Å². The van der Waals surface area contributed by atoms with Gasteiger partial charge >= 0.3 is 0 Å². The van der Waals surface area contributed by atoms with Gasteiger partial charge in [0.15, 0.2) is 0 Å². The van der Waals surface area contributed by atoms with E-state index in [1.807, 2.05) is 0 Å². The van der Waals surface area contributed by atoms with Gasteiger partial charge in [0.1, 0.15) is 5.75 Å². The Kier molecular flexibility index (Phi) is 3.06. The summed E-state index contributed by atoms with van der Waals surface area (Å²) in [5.74, 6) is 1.85. The Labute approximate surface area is 110 Å². The third-order valence-corrected chi connectivity index (χ3v) is 4.80. The number of rotatable bonds is 4. The van der Waals surface area contributed by atoms with Gasteiger partial charge < -0.3 is 10.1 Å². The van der Waals surface area contributed by atoms with Crippen LogP contribution in [-0.2, 0) is 11.8 Å². The molecule has 2 heteroatoms. The van der Waals surface area contributed by atoms with Crippen molar-refractivity contribution in [1.82, 2.24) is 5.32 Å². The van der Waals surface area contributed by atoms with E-state index in [9.17, 15) is 0 Å². The van der Waals surface area contributed by atoms with Crippen LogP contribution < -0.4 is 10.1 Å². The van der Waals surface area contributed by atoms with Crippen molar-refractivity contribution in [2.75, 3.05) is 20.2 Å². The van der Waals surface area contributed by atoms with Crippen LogP contribution in [0.5, 0.6) is 5.75 Å². The van der Waals surface area contributed by atoms with Crippen LogP contribution >= 0.6 is 0 Å². The Hall–Kier alpha value is -1.02. The number of methoxy groups -OCH3 is 1. The lowest BCUT2D eigenvalue weighted by Crippen LogP contribution is -2.24. The number of hydrogen-bond donors (Lipinski definition) is 1. The van der Waals surface area contributed by atoms with Crippen molar-refractivity contribution < 1.29 is 4.74 Å². The highest BCUT2D eigenvalue weighted by Crippen LogP contribution is 2.60. The molecule has 1 aromatic rings. The molecule has 0 heterocycles. The summed E-state index contributed by atoms with van der Waals surface area (Å²) < 4.78 is 5.40. The zero-order chi connectivity index (χ0) is 12.6. The highest BCUT2D eigenvalue weighted by atomic mass is 16.5. The minimum Gasteiger partial charge on any atom is -0.497 e. The van der Waals surface area contributed by atoms with Crippen molar-refractivity contribution in [2.45, 2.75) is 38.0 Å². The fourth-order valence-corrected chi connectivity index (χ4v) is 3.70. The highest BCUT2D eigenvalue weighted by Gasteiger charge is 2.55. The van der Waals surface area contributed by atoms with Gasteiger partial charge in [0, 0.05) is 5.41 Å². The summed E-state index contributed by atoms with van der Waals surface area (Å²) in [7, 11) is 1.76. The van der Waals surface area contributed by atoms with Crippen LogP contribution in [0.4, 0.5) is 0 Å². The average molecular weight is 245 g/mol. The smallest absolute Gasteiger partial charge is 0.119 e. The van der Waals surface area contributed by atoms with E-state index < -0.39 is 0 Å². The largest absolute Gasteiger partial charge is 0.497 e. The van der Waals surface area contributed by atoms with Gasteiger partial charge in [-0.15, -0.1) is 0 Å². The first kappa shape index (κ1) is 12.0. The molecule has 1 aromatic carbocycles. The molecule has 2 aliphatic rings. The lowest BCUT2D eigenvalue weighted by atomic mass is 9.78. The second-order valence-electron chi connectivity index (χ2n) is 5.74. The van der Waals surface area contributed by atoms with Crippen molar-refractivity contribution in [3.05, 3.63) is 29.3 Å². The maximum absolute atomic E-state index is 5.40. The topological polar surface area (TPSA) is 21.3 Å². The molecule has 0 aromatic heterocycles. The van der Waals surface area contributed by atoms with Crippen molar-refractivity contribution in [3.8, 4) is 5.75 Å². The van der Waals surface area contributed by atoms with E-state index in [4.69, 9.17) is 4.74 Å². The molecule has 1 fully saturated rings. The number of fused-ring (bicyclic) bond motifs is 2. The SMILES string of the molecule is CCNCC1CC12CCCc1ccc(OC)cc12. The fourth-order valence-electron chi connectivity index (χ4n) is 3.70. The summed E-state index contributed by atoms with van der Waals surface area (Å²) in [6.45, 7) is 4.44. The van der Waals surface area contributed by atoms with E-state index in [1.165, 1.54) is 32.2 Å². The summed E-state index contributed by atoms with van der Waals surface area (Å²) >= 11 is 0. The van der Waals surface area contributed by atoms with E-state index in [0.717, 1.165) is 18.2 Å². The Balaban J connectivity index is 1.88. The Morgan fingerprint density at radius 2 is 2.33 bits per heavy atom. The van der Waals surface area contributed by atoms with Gasteiger partial charge in [-0.25, -0.2) is 0 Å². The molecule has 0 aliphatic heterocycles. The molecule has 2 nitrogen and oxygen atoms in total. The molecule has 2 unspecified atom stereocenters. The summed E-state index contributed by atoms with van der Waals surface area (Å²) in [4.78, 5) is 0. The van der Waals surface area contributed by atoms with E-state index in [0.29, 0.717) is 5.41 Å². The van der Waals surface area contributed by atoms with Crippen LogP contribution in [0.25, 0.3) is 0 Å². The molecule has 1 spiro atoms. The van der Waals surface area contributed by atoms with Gasteiger partial charge in [0.25, 0.3) is 0 Å². The van der Waals surface area contributed by atoms with Crippen LogP contribution in [-0.4, -0.2) is 20.2 Å². The van der Waals surface area contributed by atoms with Gasteiger partial charge in [0.2, 0.25) is 0 Å². The minimum absolute atomic E-state index is 0.476. The minimum atomic E-state index is 0.476. The quantitative estimate of drug-likeness (QED) is 0.880. The number of ether oxygens (including phenoxy) is 1. The standard InChI is InChI=1S/C16H23NO/c1-3-17-11-13-10-16(13)8-4-5-12-6-7-14(18-2)9-15(12)16/h6-7,9,13,17H,3-5,8,10-11H2,1-2H3. The Morgan fingerprint density at radius 1 is 1.44 bits per heavy atom. The fraction of sp³-hybridized carbons (Fsp3) is 0.625. The number of hydrogen-bond acceptors (Lipinski definition) is 2.